The normalized spacial score (nSPS) is 15.6. The summed E-state index contributed by atoms with van der Waals surface area (Å²) >= 11 is 0. The van der Waals surface area contributed by atoms with Crippen LogP contribution in [0.25, 0.3) is 11.3 Å². The number of carbonyl (C=O) groups excluding carboxylic acids is 1. The van der Waals surface area contributed by atoms with Crippen molar-refractivity contribution >= 4 is 11.6 Å². The van der Waals surface area contributed by atoms with E-state index in [-0.39, 0.29) is 11.7 Å². The topological polar surface area (TPSA) is 73.5 Å². The predicted molar refractivity (Wildman–Crippen MR) is 125 cm³/mol. The molecule has 3 aromatic rings. The van der Waals surface area contributed by atoms with Gasteiger partial charge in [-0.3, -0.25) is 14.8 Å². The highest BCUT2D eigenvalue weighted by Crippen LogP contribution is 2.35. The number of nitrogens with zero attached hydrogens (tertiary/aromatic N) is 3. The van der Waals surface area contributed by atoms with Crippen LogP contribution in [-0.4, -0.2) is 67.4 Å². The molecule has 1 saturated heterocycles. The van der Waals surface area contributed by atoms with Crippen LogP contribution in [0.4, 0.5) is 10.1 Å². The molecule has 0 bridgehead atoms. The molecule has 1 aliphatic carbocycles. The molecule has 2 N–H and O–H groups in total. The number of nitrogens with one attached hydrogen (secondary N) is 2. The Hall–Kier alpha value is -3.39. The number of amides is 1. The van der Waals surface area contributed by atoms with E-state index in [1.54, 1.807) is 13.2 Å². The fraction of sp³-hybridized carbons (Fsp3) is 0.360. The lowest BCUT2D eigenvalue weighted by Crippen LogP contribution is -2.48. The molecule has 0 unspecified atom stereocenters. The summed E-state index contributed by atoms with van der Waals surface area (Å²) in [6.07, 6.45) is 1.62. The van der Waals surface area contributed by atoms with Gasteiger partial charge < -0.3 is 15.0 Å². The Morgan fingerprint density at radius 2 is 1.97 bits per heavy atom. The van der Waals surface area contributed by atoms with E-state index in [0.717, 1.165) is 68.1 Å². The maximum Gasteiger partial charge on any atom is 0.269 e. The van der Waals surface area contributed by atoms with Crippen molar-refractivity contribution in [1.82, 2.24) is 20.4 Å². The van der Waals surface area contributed by atoms with Crippen molar-refractivity contribution in [3.05, 3.63) is 65.1 Å². The first-order valence-corrected chi connectivity index (χ1v) is 11.4. The smallest absolute Gasteiger partial charge is 0.269 e. The second-order valence-electron chi connectivity index (χ2n) is 8.48. The Bertz CT molecular complexity index is 1150. The van der Waals surface area contributed by atoms with Crippen molar-refractivity contribution < 1.29 is 13.9 Å². The third-order valence-electron chi connectivity index (χ3n) is 6.59. The van der Waals surface area contributed by atoms with E-state index in [9.17, 15) is 9.18 Å². The Morgan fingerprint density at radius 3 is 2.76 bits per heavy atom. The summed E-state index contributed by atoms with van der Waals surface area (Å²) in [4.78, 5) is 17.2. The number of piperazine rings is 1. The molecule has 0 radical (unpaired) electrons. The van der Waals surface area contributed by atoms with E-state index < -0.39 is 0 Å². The van der Waals surface area contributed by atoms with Gasteiger partial charge in [0.15, 0.2) is 0 Å². The van der Waals surface area contributed by atoms with Gasteiger partial charge in [-0.25, -0.2) is 4.39 Å². The zero-order chi connectivity index (χ0) is 22.8. The maximum absolute atomic E-state index is 14.0. The van der Waals surface area contributed by atoms with E-state index in [1.807, 2.05) is 30.3 Å². The zero-order valence-electron chi connectivity index (χ0n) is 18.7. The summed E-state index contributed by atoms with van der Waals surface area (Å²) in [5.74, 6) is 0.536. The molecule has 33 heavy (non-hydrogen) atoms. The SMILES string of the molecule is COc1ccc2c(c1)CCc1c-2n[nH]c1C(=O)NCCN1CCN(c2ccccc2F)CC1. The molecular formula is C25H28FN5O2. The third-order valence-corrected chi connectivity index (χ3v) is 6.59. The summed E-state index contributed by atoms with van der Waals surface area (Å²) in [5.41, 5.74) is 5.29. The number of rotatable bonds is 6. The molecule has 0 atom stereocenters. The van der Waals surface area contributed by atoms with Crippen LogP contribution in [0.5, 0.6) is 5.75 Å². The molecule has 7 nitrogen and oxygen atoms in total. The zero-order valence-corrected chi connectivity index (χ0v) is 18.7. The van der Waals surface area contributed by atoms with Gasteiger partial charge in [0.05, 0.1) is 18.5 Å². The molecular weight excluding hydrogens is 421 g/mol. The Kier molecular flexibility index (Phi) is 6.00. The molecule has 1 aliphatic heterocycles. The number of halogens is 1. The van der Waals surface area contributed by atoms with Crippen LogP contribution in [-0.2, 0) is 12.8 Å². The van der Waals surface area contributed by atoms with Crippen LogP contribution < -0.4 is 15.0 Å². The molecule has 1 fully saturated rings. The minimum absolute atomic E-state index is 0.120. The van der Waals surface area contributed by atoms with E-state index in [1.165, 1.54) is 11.6 Å². The largest absolute Gasteiger partial charge is 0.497 e. The average Bonchev–Trinajstić information content (AvgIpc) is 3.29. The number of carbonyl (C=O) groups is 1. The molecule has 1 amide bonds. The summed E-state index contributed by atoms with van der Waals surface area (Å²) in [6, 6.07) is 12.9. The second-order valence-corrected chi connectivity index (χ2v) is 8.48. The number of anilines is 1. The third kappa shape index (κ3) is 4.30. The summed E-state index contributed by atoms with van der Waals surface area (Å²) in [6.45, 7) is 4.53. The number of aromatic amines is 1. The monoisotopic (exact) mass is 449 g/mol. The molecule has 1 aromatic heterocycles. The van der Waals surface area contributed by atoms with Gasteiger partial charge in [0.2, 0.25) is 0 Å². The van der Waals surface area contributed by atoms with Gasteiger partial charge in [-0.1, -0.05) is 12.1 Å². The number of hydrogen-bond acceptors (Lipinski definition) is 5. The standard InChI is InChI=1S/C25H28FN5O2/c1-33-18-7-9-19-17(16-18)6-8-20-23(19)28-29-24(20)25(32)27-10-11-30-12-14-31(15-13-30)22-5-3-2-4-21(22)26/h2-5,7,9,16H,6,8,10-15H2,1H3,(H,27,32)(H,28,29). The molecule has 2 aliphatic rings. The molecule has 2 heterocycles. The lowest BCUT2D eigenvalue weighted by molar-refractivity contribution is 0.0941. The number of ether oxygens (including phenoxy) is 1. The van der Waals surface area contributed by atoms with Gasteiger partial charge in [0.25, 0.3) is 5.91 Å². The maximum atomic E-state index is 14.0. The van der Waals surface area contributed by atoms with Crippen molar-refractivity contribution in [2.75, 3.05) is 51.3 Å². The van der Waals surface area contributed by atoms with Gasteiger partial charge in [-0.05, 0) is 48.7 Å². The second kappa shape index (κ2) is 9.23. The Morgan fingerprint density at radius 1 is 1.15 bits per heavy atom. The van der Waals surface area contributed by atoms with Crippen molar-refractivity contribution in [3.63, 3.8) is 0 Å². The molecule has 2 aromatic carbocycles. The Labute approximate surface area is 192 Å². The summed E-state index contributed by atoms with van der Waals surface area (Å²) in [7, 11) is 1.66. The highest BCUT2D eigenvalue weighted by Gasteiger charge is 2.26. The number of aromatic nitrogens is 2. The minimum atomic E-state index is -0.178. The van der Waals surface area contributed by atoms with E-state index in [2.05, 4.69) is 25.3 Å². The summed E-state index contributed by atoms with van der Waals surface area (Å²) < 4.78 is 19.3. The first kappa shape index (κ1) is 21.5. The number of benzene rings is 2. The van der Waals surface area contributed by atoms with Crippen molar-refractivity contribution in [3.8, 4) is 17.0 Å². The van der Waals surface area contributed by atoms with Gasteiger partial charge >= 0.3 is 0 Å². The number of methoxy groups -OCH3 is 1. The van der Waals surface area contributed by atoms with Crippen LogP contribution in [0.2, 0.25) is 0 Å². The van der Waals surface area contributed by atoms with Gasteiger partial charge in [-0.2, -0.15) is 5.10 Å². The predicted octanol–water partition coefficient (Wildman–Crippen LogP) is 2.88. The van der Waals surface area contributed by atoms with Crippen molar-refractivity contribution in [1.29, 1.82) is 0 Å². The molecule has 8 heteroatoms. The van der Waals surface area contributed by atoms with Crippen molar-refractivity contribution in [2.24, 2.45) is 0 Å². The lowest BCUT2D eigenvalue weighted by Gasteiger charge is -2.36. The fourth-order valence-corrected chi connectivity index (χ4v) is 4.75. The minimum Gasteiger partial charge on any atom is -0.497 e. The van der Waals surface area contributed by atoms with E-state index >= 15 is 0 Å². The first-order valence-electron chi connectivity index (χ1n) is 11.4. The number of aryl methyl sites for hydroxylation is 1. The Balaban J connectivity index is 1.15. The van der Waals surface area contributed by atoms with Gasteiger partial charge in [-0.15, -0.1) is 0 Å². The van der Waals surface area contributed by atoms with E-state index in [4.69, 9.17) is 4.74 Å². The van der Waals surface area contributed by atoms with Gasteiger partial charge in [0.1, 0.15) is 17.3 Å². The summed E-state index contributed by atoms with van der Waals surface area (Å²) in [5, 5.41) is 10.4. The number of fused-ring (bicyclic) bond motifs is 3. The average molecular weight is 450 g/mol. The first-order chi connectivity index (χ1) is 16.1. The quantitative estimate of drug-likeness (QED) is 0.606. The highest BCUT2D eigenvalue weighted by atomic mass is 19.1. The number of para-hydroxylation sites is 1. The molecule has 0 saturated carbocycles. The van der Waals surface area contributed by atoms with Crippen LogP contribution in [0.15, 0.2) is 42.5 Å². The molecule has 5 rings (SSSR count). The van der Waals surface area contributed by atoms with Crippen LogP contribution in [0.1, 0.15) is 21.6 Å². The molecule has 0 spiro atoms. The molecule has 172 valence electrons. The fourth-order valence-electron chi connectivity index (χ4n) is 4.75. The van der Waals surface area contributed by atoms with Crippen LogP contribution >= 0.6 is 0 Å². The van der Waals surface area contributed by atoms with Gasteiger partial charge in [0, 0.05) is 50.4 Å². The highest BCUT2D eigenvalue weighted by molar-refractivity contribution is 5.96. The number of H-pyrrole nitrogens is 1. The van der Waals surface area contributed by atoms with E-state index in [0.29, 0.717) is 17.9 Å². The number of hydrogen-bond donors (Lipinski definition) is 2. The van der Waals surface area contributed by atoms with Crippen LogP contribution in [0, 0.1) is 5.82 Å². The lowest BCUT2D eigenvalue weighted by atomic mass is 9.89. The van der Waals surface area contributed by atoms with Crippen LogP contribution in [0.3, 0.4) is 0 Å². The van der Waals surface area contributed by atoms with Crippen molar-refractivity contribution in [2.45, 2.75) is 12.8 Å².